The summed E-state index contributed by atoms with van der Waals surface area (Å²) in [5.41, 5.74) is 0.693. The molecule has 0 atom stereocenters. The van der Waals surface area contributed by atoms with Gasteiger partial charge in [0.2, 0.25) is 0 Å². The highest BCUT2D eigenvalue weighted by Gasteiger charge is 2.35. The Labute approximate surface area is 150 Å². The summed E-state index contributed by atoms with van der Waals surface area (Å²) in [6, 6.07) is 7.31. The number of nitrogens with one attached hydrogen (secondary N) is 2. The predicted octanol–water partition coefficient (Wildman–Crippen LogP) is 3.10. The van der Waals surface area contributed by atoms with Gasteiger partial charge in [0, 0.05) is 37.1 Å². The van der Waals surface area contributed by atoms with Crippen LogP contribution in [0.15, 0.2) is 24.3 Å². The molecule has 0 spiro atoms. The lowest BCUT2D eigenvalue weighted by Crippen LogP contribution is -2.56. The second-order valence-electron chi connectivity index (χ2n) is 6.77. The molecule has 0 saturated carbocycles. The quantitative estimate of drug-likeness (QED) is 0.708. The number of ether oxygens (including phenoxy) is 2. The SMILES string of the molecule is CCCCOc1cccc(NC(=O)NCC2(N(C)C)CCOCC2)c1. The molecule has 1 saturated heterocycles. The second-order valence-corrected chi connectivity index (χ2v) is 6.77. The highest BCUT2D eigenvalue weighted by molar-refractivity contribution is 5.89. The fourth-order valence-electron chi connectivity index (χ4n) is 2.95. The van der Waals surface area contributed by atoms with Crippen molar-refractivity contribution in [3.05, 3.63) is 24.3 Å². The van der Waals surface area contributed by atoms with Gasteiger partial charge in [-0.1, -0.05) is 19.4 Å². The number of benzene rings is 1. The first-order valence-electron chi connectivity index (χ1n) is 9.08. The molecule has 0 bridgehead atoms. The standard InChI is InChI=1S/C19H31N3O3/c1-4-5-11-25-17-8-6-7-16(14-17)21-18(23)20-15-19(22(2)3)9-12-24-13-10-19/h6-8,14H,4-5,9-13,15H2,1-3H3,(H2,20,21,23). The monoisotopic (exact) mass is 349 g/mol. The van der Waals surface area contributed by atoms with Crippen molar-refractivity contribution >= 4 is 11.7 Å². The molecular formula is C19H31N3O3. The van der Waals surface area contributed by atoms with Gasteiger partial charge in [-0.05, 0) is 45.5 Å². The van der Waals surface area contributed by atoms with E-state index >= 15 is 0 Å². The minimum absolute atomic E-state index is 0.0410. The summed E-state index contributed by atoms with van der Waals surface area (Å²) in [6.07, 6.45) is 3.95. The first-order valence-corrected chi connectivity index (χ1v) is 9.08. The molecule has 6 heteroatoms. The Morgan fingerprint density at radius 3 is 2.76 bits per heavy atom. The smallest absolute Gasteiger partial charge is 0.319 e. The van der Waals surface area contributed by atoms with Crippen LogP contribution in [0.5, 0.6) is 5.75 Å². The summed E-state index contributed by atoms with van der Waals surface area (Å²) >= 11 is 0. The van der Waals surface area contributed by atoms with Crippen LogP contribution in [0.4, 0.5) is 10.5 Å². The zero-order chi connectivity index (χ0) is 18.1. The molecule has 1 heterocycles. The van der Waals surface area contributed by atoms with E-state index in [4.69, 9.17) is 9.47 Å². The van der Waals surface area contributed by atoms with Gasteiger partial charge in [-0.3, -0.25) is 0 Å². The number of rotatable bonds is 8. The molecule has 2 N–H and O–H groups in total. The van der Waals surface area contributed by atoms with Crippen LogP contribution >= 0.6 is 0 Å². The molecule has 1 aromatic carbocycles. The number of carbonyl (C=O) groups is 1. The zero-order valence-corrected chi connectivity index (χ0v) is 15.6. The molecule has 1 aliphatic rings. The average Bonchev–Trinajstić information content (AvgIpc) is 2.61. The van der Waals surface area contributed by atoms with Gasteiger partial charge in [0.15, 0.2) is 0 Å². The Bertz CT molecular complexity index is 542. The summed E-state index contributed by atoms with van der Waals surface area (Å²) in [5.74, 6) is 0.778. The summed E-state index contributed by atoms with van der Waals surface area (Å²) in [5, 5.41) is 5.90. The van der Waals surface area contributed by atoms with Crippen molar-refractivity contribution in [3.8, 4) is 5.75 Å². The van der Waals surface area contributed by atoms with E-state index in [-0.39, 0.29) is 11.6 Å². The van der Waals surface area contributed by atoms with E-state index in [0.717, 1.165) is 50.3 Å². The summed E-state index contributed by atoms with van der Waals surface area (Å²) in [7, 11) is 4.12. The van der Waals surface area contributed by atoms with E-state index in [9.17, 15) is 4.79 Å². The van der Waals surface area contributed by atoms with Crippen LogP contribution < -0.4 is 15.4 Å². The van der Waals surface area contributed by atoms with Gasteiger partial charge in [0.1, 0.15) is 5.75 Å². The van der Waals surface area contributed by atoms with Crippen molar-refractivity contribution < 1.29 is 14.3 Å². The molecule has 1 fully saturated rings. The lowest BCUT2D eigenvalue weighted by molar-refractivity contribution is -0.00553. The third kappa shape index (κ3) is 5.90. The topological polar surface area (TPSA) is 62.8 Å². The Balaban J connectivity index is 1.86. The number of unbranched alkanes of at least 4 members (excludes halogenated alkanes) is 1. The third-order valence-corrected chi connectivity index (χ3v) is 4.81. The van der Waals surface area contributed by atoms with Gasteiger partial charge < -0.3 is 25.0 Å². The molecule has 25 heavy (non-hydrogen) atoms. The number of hydrogen-bond donors (Lipinski definition) is 2. The van der Waals surface area contributed by atoms with Gasteiger partial charge in [0.05, 0.1) is 6.61 Å². The van der Waals surface area contributed by atoms with Gasteiger partial charge in [0.25, 0.3) is 0 Å². The van der Waals surface area contributed by atoms with E-state index in [1.807, 2.05) is 24.3 Å². The Hall–Kier alpha value is -1.79. The van der Waals surface area contributed by atoms with E-state index in [1.54, 1.807) is 0 Å². The maximum absolute atomic E-state index is 12.3. The minimum atomic E-state index is -0.196. The fourth-order valence-corrected chi connectivity index (χ4v) is 2.95. The molecule has 1 aromatic rings. The molecule has 0 aromatic heterocycles. The van der Waals surface area contributed by atoms with Crippen LogP contribution in [0.2, 0.25) is 0 Å². The van der Waals surface area contributed by atoms with Crippen LogP contribution in [-0.2, 0) is 4.74 Å². The molecule has 1 aliphatic heterocycles. The average molecular weight is 349 g/mol. The van der Waals surface area contributed by atoms with E-state index in [1.165, 1.54) is 0 Å². The molecule has 2 amide bonds. The Morgan fingerprint density at radius 1 is 1.32 bits per heavy atom. The highest BCUT2D eigenvalue weighted by Crippen LogP contribution is 2.25. The maximum Gasteiger partial charge on any atom is 0.319 e. The molecule has 0 aliphatic carbocycles. The Kier molecular flexibility index (Phi) is 7.52. The van der Waals surface area contributed by atoms with Crippen molar-refractivity contribution in [2.45, 2.75) is 38.1 Å². The first kappa shape index (κ1) is 19.5. The number of amides is 2. The number of hydrogen-bond acceptors (Lipinski definition) is 4. The molecule has 0 unspecified atom stereocenters. The maximum atomic E-state index is 12.3. The summed E-state index contributed by atoms with van der Waals surface area (Å²) in [6.45, 7) is 4.89. The van der Waals surface area contributed by atoms with Crippen LogP contribution in [0.25, 0.3) is 0 Å². The molecule has 140 valence electrons. The van der Waals surface area contributed by atoms with E-state index in [0.29, 0.717) is 13.2 Å². The molecule has 6 nitrogen and oxygen atoms in total. The molecule has 0 radical (unpaired) electrons. The fraction of sp³-hybridized carbons (Fsp3) is 0.632. The highest BCUT2D eigenvalue weighted by atomic mass is 16.5. The number of urea groups is 1. The van der Waals surface area contributed by atoms with Gasteiger partial charge in [-0.15, -0.1) is 0 Å². The zero-order valence-electron chi connectivity index (χ0n) is 15.6. The Morgan fingerprint density at radius 2 is 2.08 bits per heavy atom. The van der Waals surface area contributed by atoms with Crippen LogP contribution in [0, 0.1) is 0 Å². The van der Waals surface area contributed by atoms with E-state index in [2.05, 4.69) is 36.6 Å². The van der Waals surface area contributed by atoms with Crippen LogP contribution in [-0.4, -0.2) is 56.9 Å². The normalized spacial score (nSPS) is 16.5. The number of carbonyl (C=O) groups excluding carboxylic acids is 1. The van der Waals surface area contributed by atoms with Crippen molar-refractivity contribution in [2.75, 3.05) is 45.8 Å². The lowest BCUT2D eigenvalue weighted by atomic mass is 9.88. The van der Waals surface area contributed by atoms with Crippen molar-refractivity contribution in [2.24, 2.45) is 0 Å². The molecule has 2 rings (SSSR count). The third-order valence-electron chi connectivity index (χ3n) is 4.81. The van der Waals surface area contributed by atoms with Crippen LogP contribution in [0.3, 0.4) is 0 Å². The van der Waals surface area contributed by atoms with Crippen molar-refractivity contribution in [3.63, 3.8) is 0 Å². The van der Waals surface area contributed by atoms with Gasteiger partial charge in [-0.25, -0.2) is 4.79 Å². The predicted molar refractivity (Wildman–Crippen MR) is 100 cm³/mol. The largest absolute Gasteiger partial charge is 0.494 e. The lowest BCUT2D eigenvalue weighted by Gasteiger charge is -2.42. The number of nitrogens with zero attached hydrogens (tertiary/aromatic N) is 1. The first-order chi connectivity index (χ1) is 12.1. The van der Waals surface area contributed by atoms with Gasteiger partial charge in [-0.2, -0.15) is 0 Å². The van der Waals surface area contributed by atoms with Crippen molar-refractivity contribution in [1.82, 2.24) is 10.2 Å². The van der Waals surface area contributed by atoms with Gasteiger partial charge >= 0.3 is 6.03 Å². The number of likely N-dealkylation sites (N-methyl/N-ethyl adjacent to an activating group) is 1. The minimum Gasteiger partial charge on any atom is -0.494 e. The van der Waals surface area contributed by atoms with Crippen molar-refractivity contribution in [1.29, 1.82) is 0 Å². The molecular weight excluding hydrogens is 318 g/mol. The summed E-state index contributed by atoms with van der Waals surface area (Å²) < 4.78 is 11.1. The van der Waals surface area contributed by atoms with E-state index < -0.39 is 0 Å². The number of anilines is 1. The summed E-state index contributed by atoms with van der Waals surface area (Å²) in [4.78, 5) is 14.5. The van der Waals surface area contributed by atoms with Crippen LogP contribution in [0.1, 0.15) is 32.6 Å². The second kappa shape index (κ2) is 9.63.